The molecule has 4 heterocycles. The summed E-state index contributed by atoms with van der Waals surface area (Å²) in [6.45, 7) is 0. The summed E-state index contributed by atoms with van der Waals surface area (Å²) < 4.78 is 3.83. The van der Waals surface area contributed by atoms with Gasteiger partial charge in [0.2, 0.25) is 5.28 Å². The number of aromatic amines is 1. The van der Waals surface area contributed by atoms with E-state index < -0.39 is 0 Å². The average Bonchev–Trinajstić information content (AvgIpc) is 3.38. The molecule has 10 heteroatoms. The first-order valence-corrected chi connectivity index (χ1v) is 10.1. The second kappa shape index (κ2) is 4.89. The zero-order chi connectivity index (χ0) is 18.5. The summed E-state index contributed by atoms with van der Waals surface area (Å²) in [6, 6.07) is 0. The molecule has 4 atom stereocenters. The lowest BCUT2D eigenvalue weighted by atomic mass is 9.46. The van der Waals surface area contributed by atoms with Crippen LogP contribution in [0.15, 0.2) is 18.9 Å². The van der Waals surface area contributed by atoms with E-state index in [0.29, 0.717) is 17.1 Å². The SMILES string of the molecule is Clc1ncn(C23C[C@@H]4C[C@@H](CC(c5nc6c7cn[nH]c7ncn6n5)(C4)C2)C3)n1. The van der Waals surface area contributed by atoms with Gasteiger partial charge in [-0.3, -0.25) is 5.10 Å². The van der Waals surface area contributed by atoms with E-state index in [4.69, 9.17) is 21.7 Å². The van der Waals surface area contributed by atoms with Crippen LogP contribution in [-0.4, -0.2) is 44.5 Å². The van der Waals surface area contributed by atoms with Gasteiger partial charge >= 0.3 is 0 Å². The molecule has 4 aromatic heterocycles. The Balaban J connectivity index is 1.40. The van der Waals surface area contributed by atoms with Gasteiger partial charge in [-0.05, 0) is 62.0 Å². The number of nitrogens with one attached hydrogen (secondary N) is 1. The van der Waals surface area contributed by atoms with Gasteiger partial charge in [-0.2, -0.15) is 5.10 Å². The summed E-state index contributed by atoms with van der Waals surface area (Å²) in [5.41, 5.74) is 1.52. The van der Waals surface area contributed by atoms with Gasteiger partial charge < -0.3 is 0 Å². The number of halogens is 1. The Labute approximate surface area is 164 Å². The van der Waals surface area contributed by atoms with Crippen molar-refractivity contribution in [2.75, 3.05) is 0 Å². The Kier molecular flexibility index (Phi) is 2.68. The number of hydrogen-bond acceptors (Lipinski definition) is 6. The highest BCUT2D eigenvalue weighted by atomic mass is 35.5. The van der Waals surface area contributed by atoms with E-state index in [1.165, 1.54) is 6.42 Å². The fraction of sp³-hybridized carbons (Fsp3) is 0.556. The van der Waals surface area contributed by atoms with Gasteiger partial charge in [-0.25, -0.2) is 24.1 Å². The zero-order valence-electron chi connectivity index (χ0n) is 15.1. The van der Waals surface area contributed by atoms with Gasteiger partial charge in [0.25, 0.3) is 0 Å². The number of fused-ring (bicyclic) bond motifs is 3. The van der Waals surface area contributed by atoms with E-state index in [-0.39, 0.29) is 11.0 Å². The van der Waals surface area contributed by atoms with Crippen LogP contribution in [0, 0.1) is 11.8 Å². The molecule has 4 aliphatic carbocycles. The Morgan fingerprint density at radius 2 is 1.93 bits per heavy atom. The number of hydrogen-bond donors (Lipinski definition) is 1. The quantitative estimate of drug-likeness (QED) is 0.559. The summed E-state index contributed by atoms with van der Waals surface area (Å²) >= 11 is 6.06. The van der Waals surface area contributed by atoms with Crippen LogP contribution in [0.2, 0.25) is 5.28 Å². The number of H-pyrrole nitrogens is 1. The summed E-state index contributed by atoms with van der Waals surface area (Å²) in [5, 5.41) is 17.6. The van der Waals surface area contributed by atoms with Crippen LogP contribution in [0.4, 0.5) is 0 Å². The fourth-order valence-corrected chi connectivity index (χ4v) is 6.81. The summed E-state index contributed by atoms with van der Waals surface area (Å²) in [7, 11) is 0. The van der Waals surface area contributed by atoms with Gasteiger partial charge in [-0.15, -0.1) is 10.2 Å². The van der Waals surface area contributed by atoms with Crippen molar-refractivity contribution in [2.45, 2.75) is 49.5 Å². The fourth-order valence-electron chi connectivity index (χ4n) is 6.68. The molecule has 142 valence electrons. The van der Waals surface area contributed by atoms with Crippen molar-refractivity contribution in [3.8, 4) is 0 Å². The molecular weight excluding hydrogens is 378 g/mol. The van der Waals surface area contributed by atoms with Crippen LogP contribution < -0.4 is 0 Å². The molecule has 0 spiro atoms. The standard InChI is InChI=1S/C18H18ClN9/c19-16-21-9-28(26-16)18-4-10-1-11(5-18)3-17(2-10,7-18)15-23-14-12-6-22-24-13(12)20-8-27(14)25-15/h6,8-11H,1-5,7H2,(H,22,24)/t10-,11+,17?,18?. The van der Waals surface area contributed by atoms with Crippen LogP contribution in [0.3, 0.4) is 0 Å². The molecule has 28 heavy (non-hydrogen) atoms. The molecule has 0 aromatic carbocycles. The third-order valence-electron chi connectivity index (χ3n) is 7.24. The molecule has 4 bridgehead atoms. The molecule has 2 unspecified atom stereocenters. The van der Waals surface area contributed by atoms with Gasteiger partial charge in [-0.1, -0.05) is 0 Å². The maximum atomic E-state index is 6.06. The van der Waals surface area contributed by atoms with Crippen molar-refractivity contribution >= 4 is 28.3 Å². The first-order valence-electron chi connectivity index (χ1n) is 9.75. The van der Waals surface area contributed by atoms with Crippen molar-refractivity contribution in [3.05, 3.63) is 30.0 Å². The minimum absolute atomic E-state index is 0.0229. The normalized spacial score (nSPS) is 34.0. The van der Waals surface area contributed by atoms with Crippen LogP contribution in [0.5, 0.6) is 0 Å². The highest BCUT2D eigenvalue weighted by molar-refractivity contribution is 6.28. The summed E-state index contributed by atoms with van der Waals surface area (Å²) in [5.74, 6) is 2.28. The minimum Gasteiger partial charge on any atom is -0.261 e. The van der Waals surface area contributed by atoms with E-state index in [2.05, 4.69) is 25.3 Å². The molecule has 0 radical (unpaired) electrons. The topological polar surface area (TPSA) is 102 Å². The number of rotatable bonds is 2. The van der Waals surface area contributed by atoms with E-state index in [9.17, 15) is 0 Å². The van der Waals surface area contributed by atoms with E-state index in [0.717, 1.165) is 54.6 Å². The summed E-state index contributed by atoms with van der Waals surface area (Å²) in [6.07, 6.45) is 12.2. The zero-order valence-corrected chi connectivity index (χ0v) is 15.8. The molecule has 8 rings (SSSR count). The van der Waals surface area contributed by atoms with Crippen LogP contribution >= 0.6 is 11.6 Å². The first kappa shape index (κ1) is 15.4. The highest BCUT2D eigenvalue weighted by Crippen LogP contribution is 2.64. The molecule has 4 aromatic rings. The lowest BCUT2D eigenvalue weighted by Gasteiger charge is -2.60. The van der Waals surface area contributed by atoms with Crippen molar-refractivity contribution in [2.24, 2.45) is 11.8 Å². The average molecular weight is 396 g/mol. The highest BCUT2D eigenvalue weighted by Gasteiger charge is 2.61. The van der Waals surface area contributed by atoms with Gasteiger partial charge in [0, 0.05) is 5.41 Å². The van der Waals surface area contributed by atoms with Crippen molar-refractivity contribution in [1.29, 1.82) is 0 Å². The Hall–Kier alpha value is -2.55. The molecule has 4 fully saturated rings. The Morgan fingerprint density at radius 1 is 1.07 bits per heavy atom. The van der Waals surface area contributed by atoms with Crippen molar-refractivity contribution in [3.63, 3.8) is 0 Å². The van der Waals surface area contributed by atoms with Crippen LogP contribution in [0.25, 0.3) is 16.7 Å². The van der Waals surface area contributed by atoms with Gasteiger partial charge in [0.1, 0.15) is 12.7 Å². The van der Waals surface area contributed by atoms with E-state index >= 15 is 0 Å². The third kappa shape index (κ3) is 1.87. The maximum absolute atomic E-state index is 6.06. The lowest BCUT2D eigenvalue weighted by molar-refractivity contribution is -0.0715. The predicted molar refractivity (Wildman–Crippen MR) is 99.8 cm³/mol. The first-order chi connectivity index (χ1) is 13.6. The van der Waals surface area contributed by atoms with Crippen LogP contribution in [0.1, 0.15) is 44.3 Å². The van der Waals surface area contributed by atoms with Crippen molar-refractivity contribution < 1.29 is 0 Å². The van der Waals surface area contributed by atoms with Crippen molar-refractivity contribution in [1.82, 2.24) is 44.5 Å². The Bertz CT molecular complexity index is 1220. The monoisotopic (exact) mass is 395 g/mol. The smallest absolute Gasteiger partial charge is 0.242 e. The second-order valence-electron chi connectivity index (χ2n) is 9.00. The molecule has 0 saturated heterocycles. The molecule has 0 amide bonds. The van der Waals surface area contributed by atoms with Gasteiger partial charge in [0.15, 0.2) is 17.1 Å². The van der Waals surface area contributed by atoms with Crippen LogP contribution in [-0.2, 0) is 11.0 Å². The molecule has 9 nitrogen and oxygen atoms in total. The molecule has 4 saturated carbocycles. The number of aromatic nitrogens is 9. The molecular formula is C18H18ClN9. The van der Waals surface area contributed by atoms with E-state index in [1.54, 1.807) is 23.4 Å². The number of nitrogens with zero attached hydrogens (tertiary/aromatic N) is 8. The van der Waals surface area contributed by atoms with E-state index in [1.807, 2.05) is 4.68 Å². The second-order valence-corrected chi connectivity index (χ2v) is 9.34. The largest absolute Gasteiger partial charge is 0.261 e. The predicted octanol–water partition coefficient (Wildman–Crippen LogP) is 2.49. The third-order valence-corrected chi connectivity index (χ3v) is 7.42. The Morgan fingerprint density at radius 3 is 2.71 bits per heavy atom. The maximum Gasteiger partial charge on any atom is 0.242 e. The molecule has 4 aliphatic rings. The minimum atomic E-state index is -0.0232. The summed E-state index contributed by atoms with van der Waals surface area (Å²) in [4.78, 5) is 13.6. The van der Waals surface area contributed by atoms with Gasteiger partial charge in [0.05, 0.1) is 17.1 Å². The molecule has 0 aliphatic heterocycles. The molecule has 1 N–H and O–H groups in total. The lowest BCUT2D eigenvalue weighted by Crippen LogP contribution is -2.58.